The van der Waals surface area contributed by atoms with Gasteiger partial charge < -0.3 is 5.11 Å². The van der Waals surface area contributed by atoms with E-state index < -0.39 is 0 Å². The number of benzene rings is 1. The molecule has 2 rings (SSSR count). The summed E-state index contributed by atoms with van der Waals surface area (Å²) in [5.74, 6) is 0. The summed E-state index contributed by atoms with van der Waals surface area (Å²) in [5.41, 5.74) is 2.18. The summed E-state index contributed by atoms with van der Waals surface area (Å²) in [5, 5.41) is 12.9. The van der Waals surface area contributed by atoms with Crippen LogP contribution < -0.4 is 0 Å². The van der Waals surface area contributed by atoms with Gasteiger partial charge in [0.05, 0.1) is 19.3 Å². The lowest BCUT2D eigenvalue weighted by Crippen LogP contribution is -2.01. The van der Waals surface area contributed by atoms with E-state index in [1.54, 1.807) is 10.9 Å². The van der Waals surface area contributed by atoms with Crippen molar-refractivity contribution < 1.29 is 5.11 Å². The Morgan fingerprint density at radius 2 is 2.07 bits per heavy atom. The van der Waals surface area contributed by atoms with Gasteiger partial charge in [0.25, 0.3) is 0 Å². The van der Waals surface area contributed by atoms with E-state index in [2.05, 4.69) is 11.2 Å². The van der Waals surface area contributed by atoms with Crippen molar-refractivity contribution in [3.8, 4) is 11.1 Å². The van der Waals surface area contributed by atoms with Crippen molar-refractivity contribution in [2.24, 2.45) is 0 Å². The Hall–Kier alpha value is -1.61. The second kappa shape index (κ2) is 4.07. The third kappa shape index (κ3) is 1.83. The van der Waals surface area contributed by atoms with E-state index in [0.717, 1.165) is 11.1 Å². The van der Waals surface area contributed by atoms with Crippen LogP contribution in [0.2, 0.25) is 0 Å². The molecule has 1 radical (unpaired) electrons. The molecule has 1 aromatic carbocycles. The summed E-state index contributed by atoms with van der Waals surface area (Å²) in [6.45, 7) is 0.655. The van der Waals surface area contributed by atoms with Crippen molar-refractivity contribution in [1.82, 2.24) is 9.78 Å². The van der Waals surface area contributed by atoms with Gasteiger partial charge in [-0.25, -0.2) is 0 Å². The Balaban J connectivity index is 2.25. The van der Waals surface area contributed by atoms with Crippen LogP contribution >= 0.6 is 0 Å². The largest absolute Gasteiger partial charge is 0.394 e. The van der Waals surface area contributed by atoms with Gasteiger partial charge >= 0.3 is 0 Å². The lowest BCUT2D eigenvalue weighted by Gasteiger charge is -1.95. The van der Waals surface area contributed by atoms with E-state index in [-0.39, 0.29) is 6.61 Å². The number of aromatic nitrogens is 2. The summed E-state index contributed by atoms with van der Waals surface area (Å²) in [7, 11) is 0. The highest BCUT2D eigenvalue weighted by Gasteiger charge is 1.99. The van der Waals surface area contributed by atoms with Crippen LogP contribution in [0.5, 0.6) is 0 Å². The van der Waals surface area contributed by atoms with Crippen LogP contribution in [-0.4, -0.2) is 21.5 Å². The summed E-state index contributed by atoms with van der Waals surface area (Å²) in [4.78, 5) is 0. The molecule has 1 aromatic heterocycles. The SMILES string of the molecule is OCCn1cc(-c2cc[c]cc2)cn1. The van der Waals surface area contributed by atoms with Gasteiger partial charge in [0, 0.05) is 11.8 Å². The van der Waals surface area contributed by atoms with Gasteiger partial charge in [0.2, 0.25) is 0 Å². The minimum Gasteiger partial charge on any atom is -0.394 e. The highest BCUT2D eigenvalue weighted by molar-refractivity contribution is 5.61. The molecule has 0 atom stereocenters. The Morgan fingerprint density at radius 1 is 1.29 bits per heavy atom. The average molecular weight is 187 g/mol. The second-order valence-corrected chi connectivity index (χ2v) is 3.00. The fraction of sp³-hybridized carbons (Fsp3) is 0.182. The van der Waals surface area contributed by atoms with Gasteiger partial charge in [-0.3, -0.25) is 4.68 Å². The molecule has 0 amide bonds. The average Bonchev–Trinajstić information content (AvgIpc) is 2.68. The molecule has 71 valence electrons. The fourth-order valence-electron chi connectivity index (χ4n) is 1.32. The van der Waals surface area contributed by atoms with Gasteiger partial charge in [-0.1, -0.05) is 24.3 Å². The first-order chi connectivity index (χ1) is 6.90. The molecule has 1 heterocycles. The third-order valence-corrected chi connectivity index (χ3v) is 2.01. The van der Waals surface area contributed by atoms with Crippen LogP contribution in [0.25, 0.3) is 11.1 Å². The minimum atomic E-state index is 0.115. The lowest BCUT2D eigenvalue weighted by molar-refractivity contribution is 0.269. The smallest absolute Gasteiger partial charge is 0.0641 e. The molecule has 0 aliphatic heterocycles. The molecule has 0 spiro atoms. The Bertz CT molecular complexity index is 395. The van der Waals surface area contributed by atoms with E-state index in [1.807, 2.05) is 30.5 Å². The summed E-state index contributed by atoms with van der Waals surface area (Å²) < 4.78 is 1.73. The van der Waals surface area contributed by atoms with Gasteiger partial charge in [-0.15, -0.1) is 0 Å². The minimum absolute atomic E-state index is 0.115. The molecular weight excluding hydrogens is 176 g/mol. The van der Waals surface area contributed by atoms with Gasteiger partial charge in [-0.2, -0.15) is 5.10 Å². The van der Waals surface area contributed by atoms with Gasteiger partial charge in [-0.05, 0) is 11.6 Å². The zero-order valence-electron chi connectivity index (χ0n) is 7.72. The quantitative estimate of drug-likeness (QED) is 0.787. The molecule has 0 aliphatic carbocycles. The van der Waals surface area contributed by atoms with Gasteiger partial charge in [0.1, 0.15) is 0 Å². The van der Waals surface area contributed by atoms with E-state index in [9.17, 15) is 0 Å². The topological polar surface area (TPSA) is 38.0 Å². The van der Waals surface area contributed by atoms with Crippen LogP contribution in [-0.2, 0) is 6.54 Å². The van der Waals surface area contributed by atoms with Crippen LogP contribution in [0, 0.1) is 6.07 Å². The third-order valence-electron chi connectivity index (χ3n) is 2.01. The number of rotatable bonds is 3. The van der Waals surface area contributed by atoms with Gasteiger partial charge in [0.15, 0.2) is 0 Å². The molecule has 14 heavy (non-hydrogen) atoms. The van der Waals surface area contributed by atoms with Crippen molar-refractivity contribution in [3.63, 3.8) is 0 Å². The summed E-state index contributed by atoms with van der Waals surface area (Å²) in [6.07, 6.45) is 3.72. The zero-order chi connectivity index (χ0) is 9.80. The van der Waals surface area contributed by atoms with Crippen molar-refractivity contribution in [2.75, 3.05) is 6.61 Å². The van der Waals surface area contributed by atoms with Crippen LogP contribution in [0.4, 0.5) is 0 Å². The molecule has 3 nitrogen and oxygen atoms in total. The number of aliphatic hydroxyl groups excluding tert-OH is 1. The normalized spacial score (nSPS) is 10.4. The predicted octanol–water partition coefficient (Wildman–Crippen LogP) is 1.34. The second-order valence-electron chi connectivity index (χ2n) is 3.00. The fourth-order valence-corrected chi connectivity index (χ4v) is 1.32. The number of aliphatic hydroxyl groups is 1. The number of hydrogen-bond acceptors (Lipinski definition) is 2. The first-order valence-electron chi connectivity index (χ1n) is 4.50. The van der Waals surface area contributed by atoms with E-state index in [0.29, 0.717) is 6.54 Å². The van der Waals surface area contributed by atoms with Crippen molar-refractivity contribution in [3.05, 3.63) is 42.7 Å². The van der Waals surface area contributed by atoms with Crippen LogP contribution in [0.3, 0.4) is 0 Å². The molecule has 0 saturated carbocycles. The van der Waals surface area contributed by atoms with E-state index >= 15 is 0 Å². The summed E-state index contributed by atoms with van der Waals surface area (Å²) >= 11 is 0. The van der Waals surface area contributed by atoms with Crippen molar-refractivity contribution in [1.29, 1.82) is 0 Å². The molecule has 0 aliphatic rings. The first kappa shape index (κ1) is 8.97. The molecule has 2 aromatic rings. The standard InChI is InChI=1S/C11H11N2O/c14-7-6-13-9-11(8-12-13)10-4-2-1-3-5-10/h2-5,8-9,14H,6-7H2. The molecule has 0 unspecified atom stereocenters. The maximum Gasteiger partial charge on any atom is 0.0641 e. The highest BCUT2D eigenvalue weighted by Crippen LogP contribution is 2.16. The zero-order valence-corrected chi connectivity index (χ0v) is 7.72. The summed E-state index contributed by atoms with van der Waals surface area (Å²) in [6, 6.07) is 10.7. The maximum atomic E-state index is 8.73. The van der Waals surface area contributed by atoms with E-state index in [1.165, 1.54) is 0 Å². The van der Waals surface area contributed by atoms with Crippen LogP contribution in [0.15, 0.2) is 36.7 Å². The Morgan fingerprint density at radius 3 is 2.79 bits per heavy atom. The highest BCUT2D eigenvalue weighted by atomic mass is 16.3. The predicted molar refractivity (Wildman–Crippen MR) is 53.6 cm³/mol. The maximum absolute atomic E-state index is 8.73. The molecule has 0 saturated heterocycles. The molecule has 1 N–H and O–H groups in total. The lowest BCUT2D eigenvalue weighted by atomic mass is 10.1. The van der Waals surface area contributed by atoms with E-state index in [4.69, 9.17) is 5.11 Å². The molecule has 0 bridgehead atoms. The first-order valence-corrected chi connectivity index (χ1v) is 4.50. The van der Waals surface area contributed by atoms with Crippen LogP contribution in [0.1, 0.15) is 0 Å². The Labute approximate surface area is 82.6 Å². The number of hydrogen-bond donors (Lipinski definition) is 1. The molecular formula is C11H11N2O. The molecule has 0 fully saturated rings. The number of nitrogens with zero attached hydrogens (tertiary/aromatic N) is 2. The molecule has 3 heteroatoms. The Kier molecular flexibility index (Phi) is 2.60. The van der Waals surface area contributed by atoms with Crippen molar-refractivity contribution >= 4 is 0 Å². The monoisotopic (exact) mass is 187 g/mol. The van der Waals surface area contributed by atoms with Crippen molar-refractivity contribution in [2.45, 2.75) is 6.54 Å².